The van der Waals surface area contributed by atoms with Crippen molar-refractivity contribution in [3.05, 3.63) is 35.4 Å². The molecule has 10 heteroatoms. The predicted octanol–water partition coefficient (Wildman–Crippen LogP) is 2.44. The Labute approximate surface area is 170 Å². The van der Waals surface area contributed by atoms with Gasteiger partial charge >= 0.3 is 6.18 Å². The molecule has 2 N–H and O–H groups in total. The van der Waals surface area contributed by atoms with Crippen LogP contribution < -0.4 is 10.6 Å². The third kappa shape index (κ3) is 6.60. The van der Waals surface area contributed by atoms with Crippen LogP contribution in [0.25, 0.3) is 0 Å². The first-order valence-corrected chi connectivity index (χ1v) is 11.5. The third-order valence-electron chi connectivity index (χ3n) is 5.14. The average Bonchev–Trinajstić information content (AvgIpc) is 3.01. The maximum absolute atomic E-state index is 12.9. The van der Waals surface area contributed by atoms with Crippen molar-refractivity contribution >= 4 is 15.8 Å². The standard InChI is InChI=1S/C19H29F3N4O2S/c1-4-26(5-2)17(14-6-8-15(9-7-14)19(20,21)22)12-24-18(23-3)25-16-10-11-29(27,28)13-16/h6-9,16-17H,4-5,10-13H2,1-3H3,(H2,23,24,25). The highest BCUT2D eigenvalue weighted by Crippen LogP contribution is 2.30. The van der Waals surface area contributed by atoms with Gasteiger partial charge in [-0.25, -0.2) is 8.42 Å². The van der Waals surface area contributed by atoms with Crippen LogP contribution in [0.2, 0.25) is 0 Å². The Bertz CT molecular complexity index is 791. The van der Waals surface area contributed by atoms with Gasteiger partial charge in [-0.05, 0) is 37.2 Å². The Kier molecular flexibility index (Phi) is 7.93. The molecule has 2 unspecified atom stereocenters. The monoisotopic (exact) mass is 434 g/mol. The summed E-state index contributed by atoms with van der Waals surface area (Å²) in [7, 11) is -1.41. The predicted molar refractivity (Wildman–Crippen MR) is 109 cm³/mol. The highest BCUT2D eigenvalue weighted by Gasteiger charge is 2.31. The van der Waals surface area contributed by atoms with Crippen molar-refractivity contribution in [1.29, 1.82) is 0 Å². The van der Waals surface area contributed by atoms with Crippen LogP contribution in [0.4, 0.5) is 13.2 Å². The number of sulfone groups is 1. The fourth-order valence-corrected chi connectivity index (χ4v) is 5.18. The average molecular weight is 435 g/mol. The number of likely N-dealkylation sites (N-methyl/N-ethyl adjacent to an activating group) is 1. The minimum absolute atomic E-state index is 0.0755. The van der Waals surface area contributed by atoms with Gasteiger partial charge in [-0.2, -0.15) is 13.2 Å². The molecule has 0 spiro atoms. The molecule has 1 aromatic carbocycles. The zero-order valence-electron chi connectivity index (χ0n) is 17.0. The van der Waals surface area contributed by atoms with Gasteiger partial charge < -0.3 is 10.6 Å². The highest BCUT2D eigenvalue weighted by molar-refractivity contribution is 7.91. The summed E-state index contributed by atoms with van der Waals surface area (Å²) < 4.78 is 61.9. The topological polar surface area (TPSA) is 73.8 Å². The van der Waals surface area contributed by atoms with Crippen molar-refractivity contribution in [2.24, 2.45) is 4.99 Å². The molecule has 0 aromatic heterocycles. The largest absolute Gasteiger partial charge is 0.416 e. The van der Waals surface area contributed by atoms with Crippen molar-refractivity contribution in [3.63, 3.8) is 0 Å². The lowest BCUT2D eigenvalue weighted by Crippen LogP contribution is -2.47. The third-order valence-corrected chi connectivity index (χ3v) is 6.90. The van der Waals surface area contributed by atoms with E-state index in [1.54, 1.807) is 7.05 Å². The molecule has 2 rings (SSSR count). The Balaban J connectivity index is 2.10. The van der Waals surface area contributed by atoms with Gasteiger partial charge in [0.1, 0.15) is 0 Å². The van der Waals surface area contributed by atoms with Crippen LogP contribution in [-0.4, -0.2) is 63.5 Å². The molecule has 6 nitrogen and oxygen atoms in total. The second kappa shape index (κ2) is 9.80. The molecular weight excluding hydrogens is 405 g/mol. The molecule has 1 heterocycles. The van der Waals surface area contributed by atoms with E-state index in [1.807, 2.05) is 13.8 Å². The zero-order chi connectivity index (χ0) is 21.7. The first-order chi connectivity index (χ1) is 13.6. The van der Waals surface area contributed by atoms with Crippen LogP contribution in [0.3, 0.4) is 0 Å². The maximum Gasteiger partial charge on any atom is 0.416 e. The second-order valence-electron chi connectivity index (χ2n) is 7.05. The van der Waals surface area contributed by atoms with Gasteiger partial charge in [-0.3, -0.25) is 9.89 Å². The molecule has 0 amide bonds. The molecular formula is C19H29F3N4O2S. The molecule has 2 atom stereocenters. The number of hydrogen-bond acceptors (Lipinski definition) is 4. The van der Waals surface area contributed by atoms with Crippen LogP contribution in [0.15, 0.2) is 29.3 Å². The number of halogens is 3. The van der Waals surface area contributed by atoms with Crippen molar-refractivity contribution in [1.82, 2.24) is 15.5 Å². The molecule has 1 aromatic rings. The van der Waals surface area contributed by atoms with Crippen molar-refractivity contribution in [2.75, 3.05) is 38.2 Å². The Morgan fingerprint density at radius 2 is 1.86 bits per heavy atom. The Morgan fingerprint density at radius 1 is 1.24 bits per heavy atom. The first-order valence-electron chi connectivity index (χ1n) is 9.68. The van der Waals surface area contributed by atoms with Crippen molar-refractivity contribution in [3.8, 4) is 0 Å². The van der Waals surface area contributed by atoms with Crippen LogP contribution in [0.5, 0.6) is 0 Å². The number of nitrogens with zero attached hydrogens (tertiary/aromatic N) is 2. The smallest absolute Gasteiger partial charge is 0.354 e. The number of guanidine groups is 1. The van der Waals surface area contributed by atoms with Gasteiger partial charge in [0.05, 0.1) is 23.1 Å². The lowest BCUT2D eigenvalue weighted by molar-refractivity contribution is -0.137. The molecule has 1 fully saturated rings. The lowest BCUT2D eigenvalue weighted by atomic mass is 10.0. The number of alkyl halides is 3. The zero-order valence-corrected chi connectivity index (χ0v) is 17.8. The maximum atomic E-state index is 12.9. The van der Waals surface area contributed by atoms with Gasteiger partial charge in [0.25, 0.3) is 0 Å². The molecule has 0 saturated carbocycles. The number of benzene rings is 1. The molecule has 164 valence electrons. The second-order valence-corrected chi connectivity index (χ2v) is 9.28. The first kappa shape index (κ1) is 23.5. The van der Waals surface area contributed by atoms with E-state index < -0.39 is 21.6 Å². The Morgan fingerprint density at radius 3 is 2.31 bits per heavy atom. The SMILES string of the molecule is CCN(CC)C(CNC(=NC)NC1CCS(=O)(=O)C1)c1ccc(C(F)(F)F)cc1. The quantitative estimate of drug-likeness (QED) is 0.509. The van der Waals surface area contributed by atoms with Crippen molar-refractivity contribution in [2.45, 2.75) is 38.5 Å². The number of nitrogens with one attached hydrogen (secondary N) is 2. The molecule has 0 bridgehead atoms. The molecule has 1 aliphatic rings. The molecule has 1 aliphatic heterocycles. The summed E-state index contributed by atoms with van der Waals surface area (Å²) in [6.45, 7) is 5.88. The van der Waals surface area contributed by atoms with E-state index in [4.69, 9.17) is 0 Å². The summed E-state index contributed by atoms with van der Waals surface area (Å²) in [5.74, 6) is 0.720. The molecule has 0 radical (unpaired) electrons. The summed E-state index contributed by atoms with van der Waals surface area (Å²) in [5.41, 5.74) is 0.0977. The van der Waals surface area contributed by atoms with E-state index in [0.29, 0.717) is 18.9 Å². The molecule has 1 saturated heterocycles. The summed E-state index contributed by atoms with van der Waals surface area (Å²) in [6.07, 6.45) is -3.84. The van der Waals surface area contributed by atoms with Gasteiger partial charge in [-0.15, -0.1) is 0 Å². The highest BCUT2D eigenvalue weighted by atomic mass is 32.2. The van der Waals surface area contributed by atoms with Gasteiger partial charge in [0.2, 0.25) is 0 Å². The van der Waals surface area contributed by atoms with Gasteiger partial charge in [-0.1, -0.05) is 26.0 Å². The van der Waals surface area contributed by atoms with E-state index in [2.05, 4.69) is 20.5 Å². The Hall–Kier alpha value is -1.81. The minimum atomic E-state index is -4.37. The fraction of sp³-hybridized carbons (Fsp3) is 0.632. The normalized spacial score (nSPS) is 20.7. The number of hydrogen-bond donors (Lipinski definition) is 2. The van der Waals surface area contributed by atoms with Crippen LogP contribution >= 0.6 is 0 Å². The van der Waals surface area contributed by atoms with E-state index in [1.165, 1.54) is 12.1 Å². The number of aliphatic imine (C=N–C) groups is 1. The van der Waals surface area contributed by atoms with Crippen molar-refractivity contribution < 1.29 is 21.6 Å². The summed E-state index contributed by atoms with van der Waals surface area (Å²) in [4.78, 5) is 6.30. The minimum Gasteiger partial charge on any atom is -0.354 e. The summed E-state index contributed by atoms with van der Waals surface area (Å²) in [5, 5.41) is 6.32. The molecule has 29 heavy (non-hydrogen) atoms. The summed E-state index contributed by atoms with van der Waals surface area (Å²) in [6, 6.07) is 4.87. The summed E-state index contributed by atoms with van der Waals surface area (Å²) >= 11 is 0. The van der Waals surface area contributed by atoms with Gasteiger partial charge in [0.15, 0.2) is 15.8 Å². The van der Waals surface area contributed by atoms with Crippen LogP contribution in [0, 0.1) is 0 Å². The lowest BCUT2D eigenvalue weighted by Gasteiger charge is -2.31. The van der Waals surface area contributed by atoms with E-state index in [9.17, 15) is 21.6 Å². The molecule has 0 aliphatic carbocycles. The van der Waals surface area contributed by atoms with E-state index >= 15 is 0 Å². The van der Waals surface area contributed by atoms with Gasteiger partial charge in [0, 0.05) is 19.6 Å². The van der Waals surface area contributed by atoms with E-state index in [-0.39, 0.29) is 23.6 Å². The number of rotatable bonds is 7. The van der Waals surface area contributed by atoms with E-state index in [0.717, 1.165) is 30.8 Å². The van der Waals surface area contributed by atoms with Crippen LogP contribution in [0.1, 0.15) is 37.4 Å². The van der Waals surface area contributed by atoms with Crippen LogP contribution in [-0.2, 0) is 16.0 Å². The fourth-order valence-electron chi connectivity index (χ4n) is 3.51.